The number of carbonyl (C=O) groups excluding carboxylic acids is 3. The van der Waals surface area contributed by atoms with Gasteiger partial charge in [0.05, 0.1) is 40.8 Å². The Kier molecular flexibility index (Phi) is 6.01. The van der Waals surface area contributed by atoms with Crippen LogP contribution in [0.25, 0.3) is 0 Å². The molecular weight excluding hydrogens is 524 g/mol. The van der Waals surface area contributed by atoms with Crippen LogP contribution in [0.5, 0.6) is 5.75 Å². The van der Waals surface area contributed by atoms with Crippen molar-refractivity contribution >= 4 is 46.6 Å². The van der Waals surface area contributed by atoms with E-state index >= 15 is 0 Å². The van der Waals surface area contributed by atoms with Gasteiger partial charge in [-0.15, -0.1) is 0 Å². The van der Waals surface area contributed by atoms with Crippen LogP contribution in [-0.4, -0.2) is 42.6 Å². The normalized spacial score (nSPS) is 26.5. The molecule has 0 aromatic heterocycles. The lowest BCUT2D eigenvalue weighted by Gasteiger charge is -2.29. The van der Waals surface area contributed by atoms with Crippen LogP contribution in [-0.2, 0) is 25.3 Å². The van der Waals surface area contributed by atoms with Gasteiger partial charge in [-0.1, -0.05) is 41.4 Å². The van der Waals surface area contributed by atoms with Crippen molar-refractivity contribution in [3.05, 3.63) is 70.2 Å². The Morgan fingerprint density at radius 2 is 1.92 bits per heavy atom. The van der Waals surface area contributed by atoms with E-state index in [2.05, 4.69) is 5.32 Å². The zero-order valence-corrected chi connectivity index (χ0v) is 19.7. The molecule has 36 heavy (non-hydrogen) atoms. The molecule has 2 saturated heterocycles. The largest absolute Gasteiger partial charge is 0.482 e. The number of ether oxygens (including phenoxy) is 2. The molecule has 3 heterocycles. The third-order valence-corrected chi connectivity index (χ3v) is 6.93. The van der Waals surface area contributed by atoms with Crippen molar-refractivity contribution in [2.24, 2.45) is 11.8 Å². The number of rotatable bonds is 6. The zero-order chi connectivity index (χ0) is 25.8. The summed E-state index contributed by atoms with van der Waals surface area (Å²) in [7, 11) is 0. The fourth-order valence-corrected chi connectivity index (χ4v) is 5.27. The maximum atomic E-state index is 13.3. The first-order valence-corrected chi connectivity index (χ1v) is 11.5. The number of carbonyl (C=O) groups is 3. The number of halogens is 5. The summed E-state index contributed by atoms with van der Waals surface area (Å²) in [6.45, 7) is -0.533. The van der Waals surface area contributed by atoms with E-state index in [0.717, 1.165) is 23.1 Å². The SMILES string of the molecule is O=C(COc1ccc(Cl)cc1Cl)NC[C@@]12C=C[C@@H](O1)[C@H]1C(=O)N(c3cccc(C(F)(F)F)c3)C(=O)[C@@H]12. The van der Waals surface area contributed by atoms with E-state index in [1.807, 2.05) is 0 Å². The highest BCUT2D eigenvalue weighted by Crippen LogP contribution is 2.52. The van der Waals surface area contributed by atoms with E-state index in [1.165, 1.54) is 18.2 Å². The fraction of sp³-hybridized carbons (Fsp3) is 0.292. The number of imide groups is 1. The zero-order valence-electron chi connectivity index (χ0n) is 18.2. The van der Waals surface area contributed by atoms with Gasteiger partial charge < -0.3 is 14.8 Å². The summed E-state index contributed by atoms with van der Waals surface area (Å²) < 4.78 is 50.9. The fourth-order valence-electron chi connectivity index (χ4n) is 4.81. The molecule has 0 unspecified atom stereocenters. The van der Waals surface area contributed by atoms with Crippen molar-refractivity contribution in [1.82, 2.24) is 5.32 Å². The monoisotopic (exact) mass is 540 g/mol. The maximum absolute atomic E-state index is 13.3. The Morgan fingerprint density at radius 1 is 1.14 bits per heavy atom. The number of fused-ring (bicyclic) bond motifs is 5. The van der Waals surface area contributed by atoms with Crippen LogP contribution in [0.1, 0.15) is 5.56 Å². The van der Waals surface area contributed by atoms with Gasteiger partial charge in [-0.2, -0.15) is 13.2 Å². The highest BCUT2D eigenvalue weighted by Gasteiger charge is 2.67. The molecule has 1 N–H and O–H groups in total. The van der Waals surface area contributed by atoms with Gasteiger partial charge in [0.2, 0.25) is 11.8 Å². The number of nitrogens with one attached hydrogen (secondary N) is 1. The molecule has 188 valence electrons. The minimum absolute atomic E-state index is 0.146. The summed E-state index contributed by atoms with van der Waals surface area (Å²) in [5.41, 5.74) is -2.45. The van der Waals surface area contributed by atoms with E-state index in [0.29, 0.717) is 5.02 Å². The van der Waals surface area contributed by atoms with Crippen molar-refractivity contribution < 1.29 is 37.0 Å². The lowest BCUT2D eigenvalue weighted by atomic mass is 9.77. The van der Waals surface area contributed by atoms with Crippen LogP contribution in [0, 0.1) is 11.8 Å². The van der Waals surface area contributed by atoms with Gasteiger partial charge in [-0.25, -0.2) is 4.90 Å². The predicted octanol–water partition coefficient (Wildman–Crippen LogP) is 4.02. The second-order valence-electron chi connectivity index (χ2n) is 8.60. The van der Waals surface area contributed by atoms with Gasteiger partial charge in [0.1, 0.15) is 11.4 Å². The first kappa shape index (κ1) is 24.6. The van der Waals surface area contributed by atoms with Crippen molar-refractivity contribution in [1.29, 1.82) is 0 Å². The predicted molar refractivity (Wildman–Crippen MR) is 123 cm³/mol. The van der Waals surface area contributed by atoms with Crippen LogP contribution in [0.3, 0.4) is 0 Å². The van der Waals surface area contributed by atoms with Crippen LogP contribution < -0.4 is 15.0 Å². The summed E-state index contributed by atoms with van der Waals surface area (Å²) in [5, 5.41) is 3.26. The molecule has 0 radical (unpaired) electrons. The number of nitrogens with zero attached hydrogens (tertiary/aromatic N) is 1. The van der Waals surface area contributed by atoms with Crippen molar-refractivity contribution in [2.75, 3.05) is 18.1 Å². The standard InChI is InChI=1S/C24H17Cl2F3N2O5/c25-13-4-5-16(15(26)9-13)35-10-18(32)30-11-23-7-6-17(36-23)19-20(23)22(34)31(21(19)33)14-3-1-2-12(8-14)24(27,28)29/h1-9,17,19-20H,10-11H2,(H,30,32)/t17-,19-,20-,23-/m1/s1. The molecule has 12 heteroatoms. The van der Waals surface area contributed by atoms with Crippen LogP contribution >= 0.6 is 23.2 Å². The summed E-state index contributed by atoms with van der Waals surface area (Å²) in [5.74, 6) is -3.52. The number of amides is 3. The lowest BCUT2D eigenvalue weighted by molar-refractivity contribution is -0.137. The molecule has 3 amide bonds. The second kappa shape index (κ2) is 8.79. The van der Waals surface area contributed by atoms with Gasteiger partial charge >= 0.3 is 6.18 Å². The van der Waals surface area contributed by atoms with E-state index in [-0.39, 0.29) is 29.6 Å². The van der Waals surface area contributed by atoms with Gasteiger partial charge in [0.15, 0.2) is 6.61 Å². The summed E-state index contributed by atoms with van der Waals surface area (Å²) in [6.07, 6.45) is -2.14. The molecule has 2 bridgehead atoms. The molecule has 2 aromatic rings. The van der Waals surface area contributed by atoms with E-state index in [4.69, 9.17) is 32.7 Å². The van der Waals surface area contributed by atoms with E-state index in [9.17, 15) is 27.6 Å². The Bertz CT molecular complexity index is 1300. The Labute approximate surface area is 212 Å². The minimum Gasteiger partial charge on any atom is -0.482 e. The van der Waals surface area contributed by atoms with Crippen molar-refractivity contribution in [3.63, 3.8) is 0 Å². The molecule has 3 aliphatic rings. The molecule has 5 rings (SSSR count). The molecule has 2 fully saturated rings. The number of anilines is 1. The molecule has 0 saturated carbocycles. The first-order valence-electron chi connectivity index (χ1n) is 10.8. The Hall–Kier alpha value is -3.08. The maximum Gasteiger partial charge on any atom is 0.416 e. The van der Waals surface area contributed by atoms with Crippen LogP contribution in [0.2, 0.25) is 10.0 Å². The quantitative estimate of drug-likeness (QED) is 0.442. The molecular formula is C24H17Cl2F3N2O5. The van der Waals surface area contributed by atoms with E-state index < -0.39 is 53.0 Å². The van der Waals surface area contributed by atoms with Gasteiger partial charge in [-0.3, -0.25) is 14.4 Å². The Balaban J connectivity index is 1.30. The van der Waals surface area contributed by atoms with Crippen molar-refractivity contribution in [2.45, 2.75) is 17.9 Å². The first-order chi connectivity index (χ1) is 17.0. The van der Waals surface area contributed by atoms with Gasteiger partial charge in [-0.05, 0) is 36.4 Å². The highest BCUT2D eigenvalue weighted by atomic mass is 35.5. The molecule has 3 aliphatic heterocycles. The smallest absolute Gasteiger partial charge is 0.416 e. The number of hydrogen-bond donors (Lipinski definition) is 1. The molecule has 4 atom stereocenters. The van der Waals surface area contributed by atoms with Gasteiger partial charge in [0, 0.05) is 5.02 Å². The number of alkyl halides is 3. The summed E-state index contributed by atoms with van der Waals surface area (Å²) >= 11 is 11.9. The number of benzene rings is 2. The minimum atomic E-state index is -4.63. The summed E-state index contributed by atoms with van der Waals surface area (Å²) in [4.78, 5) is 39.6. The van der Waals surface area contributed by atoms with Crippen molar-refractivity contribution in [3.8, 4) is 5.75 Å². The lowest BCUT2D eigenvalue weighted by Crippen LogP contribution is -2.49. The highest BCUT2D eigenvalue weighted by molar-refractivity contribution is 6.35. The second-order valence-corrected chi connectivity index (χ2v) is 9.44. The van der Waals surface area contributed by atoms with E-state index in [1.54, 1.807) is 18.2 Å². The Morgan fingerprint density at radius 3 is 2.64 bits per heavy atom. The number of hydrogen-bond acceptors (Lipinski definition) is 5. The molecule has 0 aliphatic carbocycles. The summed E-state index contributed by atoms with van der Waals surface area (Å²) in [6, 6.07) is 8.56. The average Bonchev–Trinajstić information content (AvgIpc) is 3.47. The molecule has 0 spiro atoms. The topological polar surface area (TPSA) is 84.9 Å². The van der Waals surface area contributed by atoms with Gasteiger partial charge in [0.25, 0.3) is 5.91 Å². The average molecular weight is 541 g/mol. The molecule has 7 nitrogen and oxygen atoms in total. The van der Waals surface area contributed by atoms with Crippen LogP contribution in [0.15, 0.2) is 54.6 Å². The third kappa shape index (κ3) is 4.12. The molecule has 2 aromatic carbocycles. The third-order valence-electron chi connectivity index (χ3n) is 6.40. The van der Waals surface area contributed by atoms with Crippen LogP contribution in [0.4, 0.5) is 18.9 Å².